The van der Waals surface area contributed by atoms with Gasteiger partial charge in [0.05, 0.1) is 7.11 Å². The van der Waals surface area contributed by atoms with Crippen LogP contribution in [0.1, 0.15) is 30.0 Å². The van der Waals surface area contributed by atoms with Crippen LogP contribution in [0.15, 0.2) is 78.9 Å². The number of aryl methyl sites for hydroxylation is 1. The molecule has 0 radical (unpaired) electrons. The lowest BCUT2D eigenvalue weighted by atomic mass is 10.1. The van der Waals surface area contributed by atoms with Crippen LogP contribution in [-0.4, -0.2) is 29.9 Å². The van der Waals surface area contributed by atoms with Crippen molar-refractivity contribution >= 4 is 23.4 Å². The van der Waals surface area contributed by atoms with E-state index in [-0.39, 0.29) is 11.8 Å². The van der Waals surface area contributed by atoms with Crippen molar-refractivity contribution in [3.8, 4) is 5.75 Å². The van der Waals surface area contributed by atoms with Crippen molar-refractivity contribution in [1.29, 1.82) is 0 Å². The molecule has 0 aliphatic rings. The number of carbonyl (C=O) groups excluding carboxylic acids is 2. The van der Waals surface area contributed by atoms with Gasteiger partial charge in [-0.25, -0.2) is 0 Å². The summed E-state index contributed by atoms with van der Waals surface area (Å²) >= 11 is 5.93. The van der Waals surface area contributed by atoms with Gasteiger partial charge in [0, 0.05) is 24.5 Å². The number of carbonyl (C=O) groups is 2. The van der Waals surface area contributed by atoms with Crippen molar-refractivity contribution in [3.05, 3.63) is 101 Å². The van der Waals surface area contributed by atoms with Crippen molar-refractivity contribution in [2.45, 2.75) is 38.9 Å². The Balaban J connectivity index is 1.69. The van der Waals surface area contributed by atoms with Gasteiger partial charge in [-0.15, -0.1) is 0 Å². The van der Waals surface area contributed by atoms with Gasteiger partial charge in [0.2, 0.25) is 11.8 Å². The number of nitrogens with one attached hydrogen (secondary N) is 1. The summed E-state index contributed by atoms with van der Waals surface area (Å²) in [6, 6.07) is 24.1. The van der Waals surface area contributed by atoms with Crippen molar-refractivity contribution in [3.63, 3.8) is 0 Å². The minimum absolute atomic E-state index is 0.0659. The van der Waals surface area contributed by atoms with Gasteiger partial charge in [-0.2, -0.15) is 0 Å². The monoisotopic (exact) mass is 464 g/mol. The lowest BCUT2D eigenvalue weighted by Gasteiger charge is -2.29. The van der Waals surface area contributed by atoms with Gasteiger partial charge in [-0.05, 0) is 54.3 Å². The third-order valence-electron chi connectivity index (χ3n) is 5.53. The van der Waals surface area contributed by atoms with Crippen LogP contribution < -0.4 is 10.1 Å². The molecule has 0 saturated carbocycles. The fourth-order valence-corrected chi connectivity index (χ4v) is 3.61. The van der Waals surface area contributed by atoms with Crippen molar-refractivity contribution in [2.24, 2.45) is 0 Å². The number of benzene rings is 3. The Morgan fingerprint density at radius 3 is 2.18 bits per heavy atom. The predicted octanol–water partition coefficient (Wildman–Crippen LogP) is 5.01. The first-order chi connectivity index (χ1) is 16.0. The van der Waals surface area contributed by atoms with Crippen molar-refractivity contribution in [1.82, 2.24) is 10.2 Å². The Morgan fingerprint density at radius 1 is 0.909 bits per heavy atom. The summed E-state index contributed by atoms with van der Waals surface area (Å²) in [6.45, 7) is 2.48. The van der Waals surface area contributed by atoms with E-state index in [0.717, 1.165) is 22.4 Å². The molecule has 0 aliphatic heterocycles. The smallest absolute Gasteiger partial charge is 0.242 e. The molecule has 172 valence electrons. The molecule has 0 spiro atoms. The predicted molar refractivity (Wildman–Crippen MR) is 131 cm³/mol. The van der Waals surface area contributed by atoms with E-state index in [2.05, 4.69) is 5.32 Å². The van der Waals surface area contributed by atoms with E-state index in [4.69, 9.17) is 16.3 Å². The summed E-state index contributed by atoms with van der Waals surface area (Å²) in [5.41, 5.74) is 2.97. The maximum Gasteiger partial charge on any atom is 0.242 e. The number of nitrogens with zero attached hydrogens (tertiary/aromatic N) is 1. The number of ether oxygens (including phenoxy) is 1. The Bertz CT molecular complexity index is 1040. The molecule has 1 N–H and O–H groups in total. The quantitative estimate of drug-likeness (QED) is 0.458. The topological polar surface area (TPSA) is 58.6 Å². The summed E-state index contributed by atoms with van der Waals surface area (Å²) in [6.07, 6.45) is 0.951. The van der Waals surface area contributed by atoms with Crippen molar-refractivity contribution in [2.75, 3.05) is 7.11 Å². The number of rotatable bonds is 10. The molecule has 33 heavy (non-hydrogen) atoms. The first-order valence-electron chi connectivity index (χ1n) is 10.9. The summed E-state index contributed by atoms with van der Waals surface area (Å²) in [7, 11) is 1.61. The number of hydrogen-bond donors (Lipinski definition) is 1. The van der Waals surface area contributed by atoms with Gasteiger partial charge in [-0.1, -0.05) is 66.2 Å². The molecule has 3 aromatic rings. The van der Waals surface area contributed by atoms with E-state index in [0.29, 0.717) is 31.0 Å². The summed E-state index contributed by atoms with van der Waals surface area (Å²) in [5.74, 6) is 0.477. The molecular formula is C27H29ClN2O3. The largest absolute Gasteiger partial charge is 0.497 e. The van der Waals surface area contributed by atoms with Gasteiger partial charge in [0.1, 0.15) is 11.8 Å². The minimum Gasteiger partial charge on any atom is -0.497 e. The molecular weight excluding hydrogens is 436 g/mol. The molecule has 2 amide bonds. The van der Waals surface area contributed by atoms with Crippen LogP contribution in [0.2, 0.25) is 5.02 Å². The summed E-state index contributed by atoms with van der Waals surface area (Å²) < 4.78 is 5.22. The first kappa shape index (κ1) is 24.3. The zero-order valence-corrected chi connectivity index (χ0v) is 19.7. The fraction of sp³-hybridized carbons (Fsp3) is 0.259. The van der Waals surface area contributed by atoms with E-state index >= 15 is 0 Å². The Labute approximate surface area is 200 Å². The van der Waals surface area contributed by atoms with Crippen LogP contribution in [0.3, 0.4) is 0 Å². The highest BCUT2D eigenvalue weighted by Gasteiger charge is 2.25. The lowest BCUT2D eigenvalue weighted by Crippen LogP contribution is -2.47. The third-order valence-corrected chi connectivity index (χ3v) is 5.78. The van der Waals surface area contributed by atoms with E-state index in [1.165, 1.54) is 0 Å². The highest BCUT2D eigenvalue weighted by molar-refractivity contribution is 6.30. The van der Waals surface area contributed by atoms with Gasteiger partial charge >= 0.3 is 0 Å². The normalized spacial score (nSPS) is 11.5. The van der Waals surface area contributed by atoms with Crippen LogP contribution in [0.25, 0.3) is 0 Å². The Morgan fingerprint density at radius 2 is 1.55 bits per heavy atom. The van der Waals surface area contributed by atoms with Crippen LogP contribution in [0, 0.1) is 0 Å². The van der Waals surface area contributed by atoms with Gasteiger partial charge in [0.25, 0.3) is 0 Å². The molecule has 1 atom stereocenters. The number of hydrogen-bond acceptors (Lipinski definition) is 3. The molecule has 3 rings (SSSR count). The van der Waals surface area contributed by atoms with Crippen molar-refractivity contribution < 1.29 is 14.3 Å². The highest BCUT2D eigenvalue weighted by atomic mass is 35.5. The summed E-state index contributed by atoms with van der Waals surface area (Å²) in [4.78, 5) is 27.8. The molecule has 0 aromatic heterocycles. The average Bonchev–Trinajstić information content (AvgIpc) is 2.86. The third kappa shape index (κ3) is 7.36. The lowest BCUT2D eigenvalue weighted by molar-refractivity contribution is -0.140. The molecule has 0 aliphatic carbocycles. The van der Waals surface area contributed by atoms with E-state index in [9.17, 15) is 9.59 Å². The van der Waals surface area contributed by atoms with Crippen LogP contribution in [0.4, 0.5) is 0 Å². The van der Waals surface area contributed by atoms with Crippen LogP contribution >= 0.6 is 11.6 Å². The molecule has 0 heterocycles. The molecule has 0 fully saturated rings. The molecule has 0 unspecified atom stereocenters. The first-order valence-corrected chi connectivity index (χ1v) is 11.3. The second-order valence-corrected chi connectivity index (χ2v) is 8.31. The maximum atomic E-state index is 13.2. The Hall–Kier alpha value is -3.31. The molecule has 3 aromatic carbocycles. The van der Waals surface area contributed by atoms with E-state index in [1.807, 2.05) is 66.7 Å². The molecule has 0 bridgehead atoms. The van der Waals surface area contributed by atoms with Gasteiger partial charge < -0.3 is 15.0 Å². The molecule has 5 nitrogen and oxygen atoms in total. The zero-order chi connectivity index (χ0) is 23.6. The van der Waals surface area contributed by atoms with E-state index in [1.54, 1.807) is 31.1 Å². The molecule has 6 heteroatoms. The highest BCUT2D eigenvalue weighted by Crippen LogP contribution is 2.17. The SMILES string of the molecule is COc1ccc(CN(C(=O)CCc2ccccc2)[C@@H](C)C(=O)NCc2ccc(Cl)cc2)cc1. The van der Waals surface area contributed by atoms with Crippen LogP contribution in [-0.2, 0) is 29.1 Å². The number of methoxy groups -OCH3 is 1. The average molecular weight is 465 g/mol. The Kier molecular flexibility index (Phi) is 8.90. The molecule has 0 saturated heterocycles. The zero-order valence-electron chi connectivity index (χ0n) is 19.0. The minimum atomic E-state index is -0.623. The fourth-order valence-electron chi connectivity index (χ4n) is 3.49. The maximum absolute atomic E-state index is 13.2. The summed E-state index contributed by atoms with van der Waals surface area (Å²) in [5, 5.41) is 3.58. The van der Waals surface area contributed by atoms with Gasteiger partial charge in [0.15, 0.2) is 0 Å². The standard InChI is InChI=1S/C27H29ClN2O3/c1-20(27(32)29-18-22-8-13-24(28)14-9-22)30(19-23-10-15-25(33-2)16-11-23)26(31)17-12-21-6-4-3-5-7-21/h3-11,13-16,20H,12,17-19H2,1-2H3,(H,29,32)/t20-/m0/s1. The number of amides is 2. The second-order valence-electron chi connectivity index (χ2n) is 7.88. The van der Waals surface area contributed by atoms with Crippen LogP contribution in [0.5, 0.6) is 5.75 Å². The second kappa shape index (κ2) is 12.1. The van der Waals surface area contributed by atoms with E-state index < -0.39 is 6.04 Å². The van der Waals surface area contributed by atoms with Gasteiger partial charge in [-0.3, -0.25) is 9.59 Å². The number of halogens is 1.